The first-order valence-corrected chi connectivity index (χ1v) is 5.50. The standard InChI is InChI=1S/C10H15N5O3/c11-9-8-10(13-5-12-9)15(6-14-8)1-2-18-4-7(17)3-16/h5-7,16-17H,1-4H2,(H2,11,12,13)/t7-/m0/s1. The van der Waals surface area contributed by atoms with E-state index >= 15 is 0 Å². The van der Waals surface area contributed by atoms with E-state index in [4.69, 9.17) is 20.7 Å². The molecule has 0 radical (unpaired) electrons. The topological polar surface area (TPSA) is 119 Å². The van der Waals surface area contributed by atoms with Gasteiger partial charge in [0.05, 0.1) is 26.1 Å². The molecule has 98 valence electrons. The summed E-state index contributed by atoms with van der Waals surface area (Å²) < 4.78 is 7.00. The highest BCUT2D eigenvalue weighted by molar-refractivity contribution is 5.80. The summed E-state index contributed by atoms with van der Waals surface area (Å²) in [5.41, 5.74) is 6.87. The molecule has 0 aliphatic rings. The van der Waals surface area contributed by atoms with E-state index in [9.17, 15) is 0 Å². The third-order valence-electron chi connectivity index (χ3n) is 2.43. The summed E-state index contributed by atoms with van der Waals surface area (Å²) in [4.78, 5) is 12.1. The van der Waals surface area contributed by atoms with Crippen molar-refractivity contribution in [3.8, 4) is 0 Å². The average Bonchev–Trinajstić information content (AvgIpc) is 2.79. The number of nitrogen functional groups attached to an aromatic ring is 1. The van der Waals surface area contributed by atoms with Gasteiger partial charge in [0.15, 0.2) is 11.5 Å². The van der Waals surface area contributed by atoms with Crippen LogP contribution in [0.1, 0.15) is 0 Å². The van der Waals surface area contributed by atoms with Crippen LogP contribution < -0.4 is 5.73 Å². The Balaban J connectivity index is 1.94. The molecular formula is C10H15N5O3. The maximum Gasteiger partial charge on any atom is 0.165 e. The second-order valence-electron chi connectivity index (χ2n) is 3.78. The molecule has 0 aromatic carbocycles. The van der Waals surface area contributed by atoms with Crippen LogP contribution in [-0.2, 0) is 11.3 Å². The van der Waals surface area contributed by atoms with Crippen molar-refractivity contribution in [2.24, 2.45) is 0 Å². The maximum atomic E-state index is 9.09. The van der Waals surface area contributed by atoms with E-state index in [0.717, 1.165) is 0 Å². The van der Waals surface area contributed by atoms with Crippen molar-refractivity contribution in [1.29, 1.82) is 0 Å². The van der Waals surface area contributed by atoms with Gasteiger partial charge in [0.1, 0.15) is 17.9 Å². The Morgan fingerprint density at radius 3 is 3.00 bits per heavy atom. The molecule has 1 atom stereocenters. The number of ether oxygens (including phenoxy) is 1. The Morgan fingerprint density at radius 1 is 1.39 bits per heavy atom. The minimum absolute atomic E-state index is 0.0975. The van der Waals surface area contributed by atoms with Crippen LogP contribution in [0, 0.1) is 0 Å². The first-order valence-electron chi connectivity index (χ1n) is 5.50. The molecule has 8 nitrogen and oxygen atoms in total. The van der Waals surface area contributed by atoms with Crippen LogP contribution in [0.5, 0.6) is 0 Å². The first kappa shape index (κ1) is 12.7. The van der Waals surface area contributed by atoms with E-state index in [0.29, 0.717) is 30.1 Å². The highest BCUT2D eigenvalue weighted by atomic mass is 16.5. The fraction of sp³-hybridized carbons (Fsp3) is 0.500. The average molecular weight is 253 g/mol. The smallest absolute Gasteiger partial charge is 0.165 e. The van der Waals surface area contributed by atoms with Crippen molar-refractivity contribution in [3.63, 3.8) is 0 Å². The summed E-state index contributed by atoms with van der Waals surface area (Å²) in [6.07, 6.45) is 2.15. The van der Waals surface area contributed by atoms with Gasteiger partial charge < -0.3 is 25.3 Å². The second-order valence-corrected chi connectivity index (χ2v) is 3.78. The molecule has 0 fully saturated rings. The van der Waals surface area contributed by atoms with Gasteiger partial charge in [-0.2, -0.15) is 0 Å². The molecule has 0 amide bonds. The number of imidazole rings is 1. The van der Waals surface area contributed by atoms with Crippen molar-refractivity contribution in [2.45, 2.75) is 12.6 Å². The lowest BCUT2D eigenvalue weighted by atomic mass is 10.4. The zero-order valence-electron chi connectivity index (χ0n) is 9.73. The van der Waals surface area contributed by atoms with Gasteiger partial charge in [-0.1, -0.05) is 0 Å². The number of hydrogen-bond acceptors (Lipinski definition) is 7. The Hall–Kier alpha value is -1.77. The number of nitrogens with zero attached hydrogens (tertiary/aromatic N) is 4. The number of rotatable bonds is 6. The largest absolute Gasteiger partial charge is 0.394 e. The van der Waals surface area contributed by atoms with Crippen molar-refractivity contribution in [1.82, 2.24) is 19.5 Å². The minimum atomic E-state index is -0.845. The summed E-state index contributed by atoms with van der Waals surface area (Å²) in [5, 5.41) is 17.7. The van der Waals surface area contributed by atoms with Crippen LogP contribution >= 0.6 is 0 Å². The summed E-state index contributed by atoms with van der Waals surface area (Å²) in [6.45, 7) is 0.704. The van der Waals surface area contributed by atoms with Crippen LogP contribution in [0.15, 0.2) is 12.7 Å². The molecule has 2 rings (SSSR count). The van der Waals surface area contributed by atoms with Gasteiger partial charge in [-0.25, -0.2) is 15.0 Å². The second kappa shape index (κ2) is 5.71. The zero-order chi connectivity index (χ0) is 13.0. The SMILES string of the molecule is Nc1ncnc2c1ncn2CCOC[C@@H](O)CO. The van der Waals surface area contributed by atoms with Crippen molar-refractivity contribution >= 4 is 17.0 Å². The van der Waals surface area contributed by atoms with E-state index in [2.05, 4.69) is 15.0 Å². The molecule has 2 aromatic rings. The number of nitrogens with two attached hydrogens (primary N) is 1. The van der Waals surface area contributed by atoms with Gasteiger partial charge in [-0.15, -0.1) is 0 Å². The Morgan fingerprint density at radius 2 is 2.22 bits per heavy atom. The summed E-state index contributed by atoms with van der Waals surface area (Å²) in [7, 11) is 0. The zero-order valence-corrected chi connectivity index (χ0v) is 9.73. The third kappa shape index (κ3) is 2.73. The normalized spacial score (nSPS) is 13.0. The molecule has 8 heteroatoms. The van der Waals surface area contributed by atoms with E-state index < -0.39 is 6.10 Å². The molecular weight excluding hydrogens is 238 g/mol. The van der Waals surface area contributed by atoms with Crippen LogP contribution in [-0.4, -0.2) is 55.7 Å². The predicted molar refractivity (Wildman–Crippen MR) is 63.6 cm³/mol. The Kier molecular flexibility index (Phi) is 4.03. The van der Waals surface area contributed by atoms with Gasteiger partial charge in [0.25, 0.3) is 0 Å². The van der Waals surface area contributed by atoms with Crippen molar-refractivity contribution in [3.05, 3.63) is 12.7 Å². The molecule has 18 heavy (non-hydrogen) atoms. The van der Waals surface area contributed by atoms with E-state index in [-0.39, 0.29) is 13.2 Å². The van der Waals surface area contributed by atoms with E-state index in [1.165, 1.54) is 6.33 Å². The number of aliphatic hydroxyl groups is 2. The molecule has 0 aliphatic heterocycles. The predicted octanol–water partition coefficient (Wildman–Crippen LogP) is -1.22. The van der Waals surface area contributed by atoms with Gasteiger partial charge >= 0.3 is 0 Å². The molecule has 0 aliphatic carbocycles. The highest BCUT2D eigenvalue weighted by Gasteiger charge is 2.07. The molecule has 0 saturated carbocycles. The fourth-order valence-corrected chi connectivity index (χ4v) is 1.50. The van der Waals surface area contributed by atoms with Crippen molar-refractivity contribution in [2.75, 3.05) is 25.6 Å². The summed E-state index contributed by atoms with van der Waals surface area (Å²) in [6, 6.07) is 0. The molecule has 0 bridgehead atoms. The summed E-state index contributed by atoms with van der Waals surface area (Å²) >= 11 is 0. The number of fused-ring (bicyclic) bond motifs is 1. The third-order valence-corrected chi connectivity index (χ3v) is 2.43. The van der Waals surface area contributed by atoms with E-state index in [1.54, 1.807) is 10.9 Å². The maximum absolute atomic E-state index is 9.09. The minimum Gasteiger partial charge on any atom is -0.394 e. The number of hydrogen-bond donors (Lipinski definition) is 3. The van der Waals surface area contributed by atoms with Crippen LogP contribution in [0.3, 0.4) is 0 Å². The molecule has 0 saturated heterocycles. The summed E-state index contributed by atoms with van der Waals surface area (Å²) in [5.74, 6) is 0.343. The molecule has 2 aromatic heterocycles. The van der Waals surface area contributed by atoms with Gasteiger partial charge in [-0.05, 0) is 0 Å². The highest BCUT2D eigenvalue weighted by Crippen LogP contribution is 2.13. The molecule has 0 spiro atoms. The van der Waals surface area contributed by atoms with Crippen molar-refractivity contribution < 1.29 is 14.9 Å². The number of aromatic nitrogens is 4. The van der Waals surface area contributed by atoms with Crippen LogP contribution in [0.4, 0.5) is 5.82 Å². The fourth-order valence-electron chi connectivity index (χ4n) is 1.50. The van der Waals surface area contributed by atoms with Gasteiger partial charge in [0.2, 0.25) is 0 Å². The molecule has 2 heterocycles. The monoisotopic (exact) mass is 253 g/mol. The lowest BCUT2D eigenvalue weighted by Gasteiger charge is -2.08. The number of anilines is 1. The van der Waals surface area contributed by atoms with Gasteiger partial charge in [-0.3, -0.25) is 0 Å². The van der Waals surface area contributed by atoms with Gasteiger partial charge in [0, 0.05) is 6.54 Å². The Bertz CT molecular complexity index is 515. The van der Waals surface area contributed by atoms with Crippen LogP contribution in [0.25, 0.3) is 11.2 Å². The Labute approximate surface area is 103 Å². The molecule has 0 unspecified atom stereocenters. The lowest BCUT2D eigenvalue weighted by Crippen LogP contribution is -2.20. The number of aliphatic hydroxyl groups excluding tert-OH is 2. The quantitative estimate of drug-likeness (QED) is 0.552. The molecule has 4 N–H and O–H groups in total. The van der Waals surface area contributed by atoms with E-state index in [1.807, 2.05) is 0 Å². The first-order chi connectivity index (χ1) is 8.72. The lowest BCUT2D eigenvalue weighted by molar-refractivity contribution is 0.00431. The van der Waals surface area contributed by atoms with Crippen LogP contribution in [0.2, 0.25) is 0 Å².